The van der Waals surface area contributed by atoms with E-state index in [1.807, 2.05) is 103 Å². The number of hydrogen-bond acceptors (Lipinski definition) is 4. The van der Waals surface area contributed by atoms with Gasteiger partial charge in [0, 0.05) is 16.5 Å². The average Bonchev–Trinajstić information content (AvgIpc) is 2.93. The van der Waals surface area contributed by atoms with E-state index in [0.717, 1.165) is 41.9 Å². The van der Waals surface area contributed by atoms with Gasteiger partial charge in [-0.25, -0.2) is 0 Å². The molecule has 0 heterocycles. The summed E-state index contributed by atoms with van der Waals surface area (Å²) in [6.45, 7) is 4.36. The smallest absolute Gasteiger partial charge is 0 e. The summed E-state index contributed by atoms with van der Waals surface area (Å²) < 4.78 is 0. The van der Waals surface area contributed by atoms with Gasteiger partial charge >= 0.3 is 0 Å². The molecule has 0 fully saturated rings. The maximum absolute atomic E-state index is 5.53. The van der Waals surface area contributed by atoms with Gasteiger partial charge in [-0.3, -0.25) is 0 Å². The van der Waals surface area contributed by atoms with Crippen LogP contribution in [0.5, 0.6) is 0 Å². The van der Waals surface area contributed by atoms with E-state index < -0.39 is 0 Å². The SMILES string of the molecule is CC(C)c1cccc(/C([S-])=C(/[S-])c2ccccc2)c1.[Ni].[S-]/C(=C(\[S-])c1ccccc1)c1ccccc1. The van der Waals surface area contributed by atoms with E-state index in [4.69, 9.17) is 50.5 Å². The second kappa shape index (κ2) is 15.1. The first-order chi connectivity index (χ1) is 16.9. The Kier molecular flexibility index (Phi) is 12.6. The summed E-state index contributed by atoms with van der Waals surface area (Å²) in [7, 11) is 0. The maximum Gasteiger partial charge on any atom is 0 e. The monoisotopic (exact) mass is 584 g/mol. The minimum Gasteiger partial charge on any atom is -0.781 e. The Bertz CT molecular complexity index is 1230. The minimum atomic E-state index is 0. The molecular formula is C31H26NiS4-4. The van der Waals surface area contributed by atoms with E-state index in [1.54, 1.807) is 0 Å². The van der Waals surface area contributed by atoms with Crippen molar-refractivity contribution in [2.45, 2.75) is 19.8 Å². The molecule has 0 aliphatic heterocycles. The van der Waals surface area contributed by atoms with Crippen molar-refractivity contribution in [1.29, 1.82) is 0 Å². The Morgan fingerprint density at radius 3 is 1.08 bits per heavy atom. The van der Waals surface area contributed by atoms with E-state index in [2.05, 4.69) is 26.0 Å². The maximum atomic E-state index is 5.53. The van der Waals surface area contributed by atoms with E-state index in [0.29, 0.717) is 5.92 Å². The molecule has 0 atom stereocenters. The molecule has 4 aromatic rings. The van der Waals surface area contributed by atoms with E-state index in [-0.39, 0.29) is 16.5 Å². The van der Waals surface area contributed by atoms with Crippen molar-refractivity contribution in [1.82, 2.24) is 0 Å². The number of benzene rings is 4. The van der Waals surface area contributed by atoms with Crippen LogP contribution in [0.4, 0.5) is 0 Å². The van der Waals surface area contributed by atoms with Crippen LogP contribution in [0.1, 0.15) is 47.6 Å². The van der Waals surface area contributed by atoms with Crippen LogP contribution < -0.4 is 0 Å². The Morgan fingerprint density at radius 2 is 0.750 bits per heavy atom. The summed E-state index contributed by atoms with van der Waals surface area (Å²) in [6, 6.07) is 38.0. The van der Waals surface area contributed by atoms with Gasteiger partial charge < -0.3 is 50.5 Å². The fourth-order valence-electron chi connectivity index (χ4n) is 3.33. The normalized spacial score (nSPS) is 11.9. The topological polar surface area (TPSA) is 0 Å². The van der Waals surface area contributed by atoms with E-state index in [1.165, 1.54) is 5.56 Å². The molecule has 0 aliphatic carbocycles. The first-order valence-corrected chi connectivity index (χ1v) is 12.9. The average molecular weight is 586 g/mol. The zero-order valence-corrected chi connectivity index (χ0v) is 24.2. The second-order valence-corrected chi connectivity index (χ2v) is 9.83. The van der Waals surface area contributed by atoms with Gasteiger partial charge in [0.1, 0.15) is 0 Å². The summed E-state index contributed by atoms with van der Waals surface area (Å²) >= 11 is 21.8. The molecule has 0 radical (unpaired) electrons. The van der Waals surface area contributed by atoms with Gasteiger partial charge in [-0.05, 0) is 33.7 Å². The molecule has 0 N–H and O–H groups in total. The van der Waals surface area contributed by atoms with Crippen molar-refractivity contribution in [3.05, 3.63) is 143 Å². The Balaban J connectivity index is 0.000000250. The summed E-state index contributed by atoms with van der Waals surface area (Å²) in [6.07, 6.45) is 0. The molecule has 0 spiro atoms. The van der Waals surface area contributed by atoms with Crippen LogP contribution in [0.15, 0.2) is 115 Å². The molecule has 0 nitrogen and oxygen atoms in total. The molecule has 0 amide bonds. The summed E-state index contributed by atoms with van der Waals surface area (Å²) in [5.74, 6) is 0.494. The third kappa shape index (κ3) is 8.40. The van der Waals surface area contributed by atoms with Crippen molar-refractivity contribution >= 4 is 70.1 Å². The molecule has 0 saturated heterocycles. The fraction of sp³-hybridized carbons (Fsp3) is 0.0968. The summed E-state index contributed by atoms with van der Waals surface area (Å²) in [5, 5.41) is 0. The molecule has 0 aromatic heterocycles. The van der Waals surface area contributed by atoms with Crippen LogP contribution in [0.2, 0.25) is 0 Å². The standard InChI is InChI=1S/C17H18S2.C14H12S2.Ni/c1-12(2)14-9-6-10-15(11-14)17(19)16(18)13-7-4-3-5-8-13;15-13(11-7-3-1-4-8-11)14(16)12-9-5-2-6-10-12;/h3-12,18-19H,1-2H3;1-10,15-16H;/p-4/b17-16-;14-13-;. The molecule has 4 aromatic carbocycles. The van der Waals surface area contributed by atoms with E-state index >= 15 is 0 Å². The fourth-order valence-corrected chi connectivity index (χ4v) is 4.34. The third-order valence-corrected chi connectivity index (χ3v) is 7.35. The molecule has 36 heavy (non-hydrogen) atoms. The molecule has 0 bridgehead atoms. The molecular weight excluding hydrogens is 559 g/mol. The van der Waals surface area contributed by atoms with Crippen LogP contribution in [-0.4, -0.2) is 0 Å². The van der Waals surface area contributed by atoms with Gasteiger partial charge in [-0.1, -0.05) is 129 Å². The summed E-state index contributed by atoms with van der Waals surface area (Å²) in [5.41, 5.74) is 5.35. The molecule has 0 aliphatic rings. The van der Waals surface area contributed by atoms with Crippen LogP contribution in [0.3, 0.4) is 0 Å². The van der Waals surface area contributed by atoms with Crippen molar-refractivity contribution in [2.75, 3.05) is 0 Å². The molecule has 0 saturated carbocycles. The van der Waals surface area contributed by atoms with Crippen LogP contribution >= 0.6 is 0 Å². The Labute approximate surface area is 247 Å². The van der Waals surface area contributed by atoms with Crippen molar-refractivity contribution in [3.8, 4) is 0 Å². The quantitative estimate of drug-likeness (QED) is 0.131. The number of rotatable bonds is 5. The third-order valence-electron chi connectivity index (χ3n) is 5.34. The van der Waals surface area contributed by atoms with Gasteiger partial charge in [-0.15, -0.1) is 0 Å². The first kappa shape index (κ1) is 30.0. The van der Waals surface area contributed by atoms with Gasteiger partial charge in [0.15, 0.2) is 0 Å². The van der Waals surface area contributed by atoms with E-state index in [9.17, 15) is 0 Å². The molecule has 5 heteroatoms. The predicted octanol–water partition coefficient (Wildman–Crippen LogP) is 8.33. The van der Waals surface area contributed by atoms with Crippen molar-refractivity contribution in [2.24, 2.45) is 0 Å². The molecule has 4 rings (SSSR count). The molecule has 188 valence electrons. The van der Waals surface area contributed by atoms with Crippen LogP contribution in [-0.2, 0) is 67.0 Å². The van der Waals surface area contributed by atoms with Crippen LogP contribution in [0.25, 0.3) is 19.6 Å². The van der Waals surface area contributed by atoms with Crippen molar-refractivity contribution in [3.63, 3.8) is 0 Å². The second-order valence-electron chi connectivity index (χ2n) is 8.19. The Hall–Kier alpha value is -2.27. The predicted molar refractivity (Wildman–Crippen MR) is 163 cm³/mol. The van der Waals surface area contributed by atoms with Gasteiger partial charge in [-0.2, -0.15) is 19.6 Å². The van der Waals surface area contributed by atoms with Gasteiger partial charge in [0.05, 0.1) is 0 Å². The molecule has 0 unspecified atom stereocenters. The zero-order chi connectivity index (χ0) is 25.2. The van der Waals surface area contributed by atoms with Crippen LogP contribution in [0, 0.1) is 0 Å². The largest absolute Gasteiger partial charge is 0.781 e. The Morgan fingerprint density at radius 1 is 0.444 bits per heavy atom. The summed E-state index contributed by atoms with van der Waals surface area (Å²) in [4.78, 5) is 2.98. The zero-order valence-electron chi connectivity index (χ0n) is 20.0. The first-order valence-electron chi connectivity index (χ1n) is 11.3. The van der Waals surface area contributed by atoms with Crippen molar-refractivity contribution < 1.29 is 16.5 Å². The van der Waals surface area contributed by atoms with Gasteiger partial charge in [0.25, 0.3) is 0 Å². The number of hydrogen-bond donors (Lipinski definition) is 0. The minimum absolute atomic E-state index is 0. The van der Waals surface area contributed by atoms with Gasteiger partial charge in [0.2, 0.25) is 0 Å².